The summed E-state index contributed by atoms with van der Waals surface area (Å²) in [6.07, 6.45) is 0.571. The van der Waals surface area contributed by atoms with Gasteiger partial charge in [0.2, 0.25) is 11.8 Å². The maximum absolute atomic E-state index is 14.1. The Morgan fingerprint density at radius 3 is 1.02 bits per heavy atom. The minimum absolute atomic E-state index is 0.285. The van der Waals surface area contributed by atoms with E-state index in [1.165, 1.54) is 28.4 Å². The smallest absolute Gasteiger partial charge is 0.236 e. The molecule has 1 aliphatic rings. The van der Waals surface area contributed by atoms with Crippen molar-refractivity contribution in [2.24, 2.45) is 5.41 Å². The first kappa shape index (κ1) is 35.3. The molecule has 4 aromatic rings. The Labute approximate surface area is 287 Å². The molecule has 0 heterocycles. The molecule has 10 heteroatoms. The predicted molar refractivity (Wildman–Crippen MR) is 185 cm³/mol. The van der Waals surface area contributed by atoms with Crippen LogP contribution in [0.25, 0.3) is 0 Å². The topological polar surface area (TPSA) is 136 Å². The first-order valence-corrected chi connectivity index (χ1v) is 16.1. The monoisotopic (exact) mass is 668 g/mol. The summed E-state index contributed by atoms with van der Waals surface area (Å²) in [7, 11) is 6.03. The number of hydrogen-bond acceptors (Lipinski definition) is 8. The fourth-order valence-electron chi connectivity index (χ4n) is 6.62. The first-order valence-electron chi connectivity index (χ1n) is 16.1. The highest BCUT2D eigenvalue weighted by atomic mass is 16.5. The third-order valence-electron chi connectivity index (χ3n) is 9.64. The van der Waals surface area contributed by atoms with Gasteiger partial charge in [0, 0.05) is 22.3 Å². The highest BCUT2D eigenvalue weighted by Gasteiger charge is 2.59. The number of rotatable bonds is 14. The Bertz CT molecular complexity index is 1580. The number of hydrogen-bond donors (Lipinski definition) is 4. The second-order valence-electron chi connectivity index (χ2n) is 12.3. The number of amides is 2. The molecule has 5 rings (SSSR count). The van der Waals surface area contributed by atoms with Crippen LogP contribution in [0.4, 0.5) is 0 Å². The number of nitrogens with one attached hydrogen (secondary N) is 2. The van der Waals surface area contributed by atoms with Crippen LogP contribution in [0.5, 0.6) is 23.0 Å². The van der Waals surface area contributed by atoms with Crippen molar-refractivity contribution in [3.8, 4) is 23.0 Å². The Hall–Kier alpha value is -5.06. The van der Waals surface area contributed by atoms with Crippen molar-refractivity contribution in [2.75, 3.05) is 28.4 Å². The molecule has 1 saturated carbocycles. The van der Waals surface area contributed by atoms with Crippen LogP contribution in [0.2, 0.25) is 0 Å². The van der Waals surface area contributed by atoms with Crippen LogP contribution in [-0.4, -0.2) is 62.6 Å². The summed E-state index contributed by atoms with van der Waals surface area (Å²) < 4.78 is 22.5. The van der Waals surface area contributed by atoms with Gasteiger partial charge in [-0.1, -0.05) is 72.8 Å². The molecule has 0 saturated heterocycles. The van der Waals surface area contributed by atoms with Gasteiger partial charge in [-0.05, 0) is 51.0 Å². The number of methoxy groups -OCH3 is 4. The van der Waals surface area contributed by atoms with Crippen molar-refractivity contribution >= 4 is 11.8 Å². The normalized spacial score (nSPS) is 14.9. The van der Waals surface area contributed by atoms with E-state index in [0.717, 1.165) is 0 Å². The summed E-state index contributed by atoms with van der Waals surface area (Å²) in [5, 5.41) is 31.1. The summed E-state index contributed by atoms with van der Waals surface area (Å²) in [4.78, 5) is 28.2. The molecule has 258 valence electrons. The van der Waals surface area contributed by atoms with Crippen molar-refractivity contribution < 1.29 is 38.7 Å². The molecule has 2 atom stereocenters. The van der Waals surface area contributed by atoms with Crippen molar-refractivity contribution in [3.05, 3.63) is 119 Å². The SMILES string of the molecule is COc1ccccc1C(O)(c1ccccc1OC)[C@@H](C)NC(=O)C1(C(=O)N[C@H](C)C(O)(c2ccccc2OC)c2ccccc2OC)CC1. The van der Waals surface area contributed by atoms with Gasteiger partial charge in [-0.3, -0.25) is 9.59 Å². The van der Waals surface area contributed by atoms with E-state index in [4.69, 9.17) is 18.9 Å². The van der Waals surface area contributed by atoms with Gasteiger partial charge in [0.15, 0.2) is 0 Å². The van der Waals surface area contributed by atoms with Crippen LogP contribution in [0.3, 0.4) is 0 Å². The summed E-state index contributed by atoms with van der Waals surface area (Å²) >= 11 is 0. The molecule has 1 aliphatic carbocycles. The first-order chi connectivity index (χ1) is 23.5. The number of carbonyl (C=O) groups is 2. The highest BCUT2D eigenvalue weighted by Crippen LogP contribution is 2.49. The van der Waals surface area contributed by atoms with E-state index in [1.54, 1.807) is 111 Å². The lowest BCUT2D eigenvalue weighted by Gasteiger charge is -2.39. The molecule has 4 N–H and O–H groups in total. The molecule has 1 fully saturated rings. The van der Waals surface area contributed by atoms with Gasteiger partial charge in [-0.2, -0.15) is 0 Å². The fraction of sp³-hybridized carbons (Fsp3) is 0.333. The number of ether oxygens (including phenoxy) is 4. The molecule has 2 amide bonds. The van der Waals surface area contributed by atoms with Crippen LogP contribution in [0.1, 0.15) is 48.9 Å². The number of carbonyl (C=O) groups excluding carboxylic acids is 2. The van der Waals surface area contributed by atoms with Crippen LogP contribution in [0, 0.1) is 5.41 Å². The third-order valence-corrected chi connectivity index (χ3v) is 9.64. The molecule has 49 heavy (non-hydrogen) atoms. The second-order valence-corrected chi connectivity index (χ2v) is 12.3. The second kappa shape index (κ2) is 14.2. The van der Waals surface area contributed by atoms with Crippen LogP contribution < -0.4 is 29.6 Å². The van der Waals surface area contributed by atoms with Gasteiger partial charge in [-0.25, -0.2) is 0 Å². The molecule has 0 aromatic heterocycles. The summed E-state index contributed by atoms with van der Waals surface area (Å²) in [5.41, 5.74) is -3.40. The maximum atomic E-state index is 14.1. The Morgan fingerprint density at radius 1 is 0.551 bits per heavy atom. The van der Waals surface area contributed by atoms with E-state index in [0.29, 0.717) is 45.3 Å². The zero-order valence-electron chi connectivity index (χ0n) is 28.7. The van der Waals surface area contributed by atoms with Crippen molar-refractivity contribution in [1.29, 1.82) is 0 Å². The molecule has 10 nitrogen and oxygen atoms in total. The van der Waals surface area contributed by atoms with Gasteiger partial charge >= 0.3 is 0 Å². The molecule has 0 radical (unpaired) electrons. The lowest BCUT2D eigenvalue weighted by Crippen LogP contribution is -2.56. The zero-order chi connectivity index (χ0) is 35.4. The molecule has 0 bridgehead atoms. The van der Waals surface area contributed by atoms with E-state index < -0.39 is 40.5 Å². The average Bonchev–Trinajstić information content (AvgIpc) is 3.96. The van der Waals surface area contributed by atoms with E-state index in [1.807, 2.05) is 0 Å². The molecular formula is C39H44N2O8. The minimum atomic E-state index is -1.82. The van der Waals surface area contributed by atoms with Crippen molar-refractivity contribution in [3.63, 3.8) is 0 Å². The number of aliphatic hydroxyl groups is 2. The van der Waals surface area contributed by atoms with Crippen LogP contribution >= 0.6 is 0 Å². The lowest BCUT2D eigenvalue weighted by atomic mass is 9.79. The zero-order valence-corrected chi connectivity index (χ0v) is 28.7. The Kier molecular flexibility index (Phi) is 10.2. The lowest BCUT2D eigenvalue weighted by molar-refractivity contribution is -0.140. The quantitative estimate of drug-likeness (QED) is 0.142. The van der Waals surface area contributed by atoms with Crippen molar-refractivity contribution in [2.45, 2.75) is 50.0 Å². The fourth-order valence-corrected chi connectivity index (χ4v) is 6.62. The van der Waals surface area contributed by atoms with Gasteiger partial charge in [0.05, 0.1) is 40.5 Å². The van der Waals surface area contributed by atoms with E-state index in [-0.39, 0.29) is 12.8 Å². The van der Waals surface area contributed by atoms with Gasteiger partial charge in [-0.15, -0.1) is 0 Å². The minimum Gasteiger partial charge on any atom is -0.496 e. The molecule has 0 unspecified atom stereocenters. The number of benzene rings is 4. The van der Waals surface area contributed by atoms with E-state index in [9.17, 15) is 19.8 Å². The largest absolute Gasteiger partial charge is 0.496 e. The van der Waals surface area contributed by atoms with E-state index >= 15 is 0 Å². The summed E-state index contributed by atoms with van der Waals surface area (Å²) in [5.74, 6) is 0.554. The van der Waals surface area contributed by atoms with Crippen molar-refractivity contribution in [1.82, 2.24) is 10.6 Å². The van der Waals surface area contributed by atoms with Crippen LogP contribution in [0.15, 0.2) is 97.1 Å². The van der Waals surface area contributed by atoms with Gasteiger partial charge < -0.3 is 39.8 Å². The Morgan fingerprint density at radius 2 is 0.796 bits per heavy atom. The summed E-state index contributed by atoms with van der Waals surface area (Å²) in [6.45, 7) is 3.35. The van der Waals surface area contributed by atoms with E-state index in [2.05, 4.69) is 10.6 Å². The van der Waals surface area contributed by atoms with Gasteiger partial charge in [0.25, 0.3) is 0 Å². The maximum Gasteiger partial charge on any atom is 0.236 e. The van der Waals surface area contributed by atoms with Gasteiger partial charge in [0.1, 0.15) is 39.6 Å². The molecular weight excluding hydrogens is 624 g/mol. The Balaban J connectivity index is 1.48. The summed E-state index contributed by atoms with van der Waals surface area (Å²) in [6, 6.07) is 26.2. The third kappa shape index (κ3) is 6.18. The molecule has 4 aromatic carbocycles. The molecule has 0 spiro atoms. The standard InChI is InChI=1S/C39H44N2O8/c1-25(38(44,27-15-7-11-19-31(27)46-3)28-16-8-12-20-32(28)47-4)40-35(42)37(23-24-37)36(43)41-26(2)39(45,29-17-9-13-21-33(29)48-5)30-18-10-14-22-34(30)49-6/h7-22,25-26,44-45H,23-24H2,1-6H3,(H,40,42)(H,41,43)/t25-,26-/m1/s1. The predicted octanol–water partition coefficient (Wildman–Crippen LogP) is 4.68. The van der Waals surface area contributed by atoms with Crippen LogP contribution in [-0.2, 0) is 20.8 Å². The average molecular weight is 669 g/mol. The highest BCUT2D eigenvalue weighted by molar-refractivity contribution is 6.08. The number of para-hydroxylation sites is 4. The molecule has 0 aliphatic heterocycles.